The highest BCUT2D eigenvalue weighted by atomic mass is 16.4. The van der Waals surface area contributed by atoms with Crippen molar-refractivity contribution in [1.29, 1.82) is 0 Å². The molecule has 3 saturated heterocycles. The Labute approximate surface area is 163 Å². The van der Waals surface area contributed by atoms with E-state index in [0.717, 1.165) is 32.4 Å². The van der Waals surface area contributed by atoms with Gasteiger partial charge >= 0.3 is 5.97 Å². The number of aromatic amines is 1. The second-order valence-corrected chi connectivity index (χ2v) is 8.29. The number of hydrogen-bond donors (Lipinski definition) is 3. The molecule has 3 aliphatic heterocycles. The summed E-state index contributed by atoms with van der Waals surface area (Å²) in [5, 5.41) is 18.7. The number of amides is 2. The molecule has 0 saturated carbocycles. The Bertz CT molecular complexity index is 778. The van der Waals surface area contributed by atoms with Crippen LogP contribution < -0.4 is 5.32 Å². The van der Waals surface area contributed by atoms with Crippen molar-refractivity contribution in [3.05, 3.63) is 17.5 Å². The Morgan fingerprint density at radius 2 is 2.14 bits per heavy atom. The van der Waals surface area contributed by atoms with Gasteiger partial charge in [0.2, 0.25) is 11.8 Å². The van der Waals surface area contributed by atoms with Crippen molar-refractivity contribution >= 4 is 17.8 Å². The van der Waals surface area contributed by atoms with Crippen molar-refractivity contribution in [3.63, 3.8) is 0 Å². The monoisotopic (exact) mass is 389 g/mol. The lowest BCUT2D eigenvalue weighted by Crippen LogP contribution is -2.66. The smallest absolute Gasteiger partial charge is 0.354 e. The van der Waals surface area contributed by atoms with E-state index in [1.165, 1.54) is 6.92 Å². The molecule has 2 amide bonds. The highest BCUT2D eigenvalue weighted by Crippen LogP contribution is 2.41. The Morgan fingerprint density at radius 3 is 2.89 bits per heavy atom. The van der Waals surface area contributed by atoms with Crippen LogP contribution in [0.1, 0.15) is 48.7 Å². The van der Waals surface area contributed by atoms with E-state index in [1.54, 1.807) is 6.20 Å². The average Bonchev–Trinajstić information content (AvgIpc) is 3.10. The molecule has 9 nitrogen and oxygen atoms in total. The molecule has 9 heteroatoms. The minimum atomic E-state index is -1.00. The van der Waals surface area contributed by atoms with Gasteiger partial charge in [-0.2, -0.15) is 5.10 Å². The molecule has 3 fully saturated rings. The van der Waals surface area contributed by atoms with Crippen molar-refractivity contribution in [2.24, 2.45) is 11.8 Å². The fraction of sp³-hybridized carbons (Fsp3) is 0.684. The number of carbonyl (C=O) groups excluding carboxylic acids is 2. The Kier molecular flexibility index (Phi) is 5.09. The van der Waals surface area contributed by atoms with Gasteiger partial charge in [-0.1, -0.05) is 0 Å². The topological polar surface area (TPSA) is 119 Å². The molecule has 1 aromatic heterocycles. The minimum absolute atomic E-state index is 0.00374. The van der Waals surface area contributed by atoms with Gasteiger partial charge < -0.3 is 15.3 Å². The second-order valence-electron chi connectivity index (χ2n) is 8.29. The fourth-order valence-electron chi connectivity index (χ4n) is 5.37. The van der Waals surface area contributed by atoms with E-state index >= 15 is 0 Å². The molecule has 3 N–H and O–H groups in total. The lowest BCUT2D eigenvalue weighted by molar-refractivity contribution is -0.153. The molecule has 0 spiro atoms. The molecule has 0 unspecified atom stereocenters. The number of carboxylic acids is 1. The lowest BCUT2D eigenvalue weighted by Gasteiger charge is -2.56. The van der Waals surface area contributed by atoms with Gasteiger partial charge in [-0.05, 0) is 31.1 Å². The normalized spacial score (nSPS) is 30.0. The fourth-order valence-corrected chi connectivity index (χ4v) is 5.37. The van der Waals surface area contributed by atoms with Crippen LogP contribution in [0.5, 0.6) is 0 Å². The quantitative estimate of drug-likeness (QED) is 0.673. The summed E-state index contributed by atoms with van der Waals surface area (Å²) in [7, 11) is 0. The Hall–Kier alpha value is -2.42. The van der Waals surface area contributed by atoms with Crippen LogP contribution in [0.15, 0.2) is 6.20 Å². The van der Waals surface area contributed by atoms with Gasteiger partial charge in [-0.3, -0.25) is 19.6 Å². The number of likely N-dealkylation sites (tertiary alicyclic amines) is 1. The van der Waals surface area contributed by atoms with E-state index in [4.69, 9.17) is 0 Å². The summed E-state index contributed by atoms with van der Waals surface area (Å²) in [5.74, 6) is -0.226. The zero-order valence-corrected chi connectivity index (χ0v) is 16.1. The summed E-state index contributed by atoms with van der Waals surface area (Å²) in [5.41, 5.74) is 0.822. The largest absolute Gasteiger partial charge is 0.477 e. The highest BCUT2D eigenvalue weighted by Gasteiger charge is 2.49. The maximum absolute atomic E-state index is 12.7. The summed E-state index contributed by atoms with van der Waals surface area (Å²) in [4.78, 5) is 39.9. The van der Waals surface area contributed by atoms with Gasteiger partial charge in [0.25, 0.3) is 0 Å². The van der Waals surface area contributed by atoms with Crippen molar-refractivity contribution < 1.29 is 19.5 Å². The van der Waals surface area contributed by atoms with E-state index in [2.05, 4.69) is 25.3 Å². The highest BCUT2D eigenvalue weighted by molar-refractivity contribution is 5.86. The van der Waals surface area contributed by atoms with Crippen molar-refractivity contribution in [3.8, 4) is 0 Å². The summed E-state index contributed by atoms with van der Waals surface area (Å²) in [6.07, 6.45) is 5.14. The number of aromatic nitrogens is 2. The zero-order valence-electron chi connectivity index (χ0n) is 16.1. The van der Waals surface area contributed by atoms with E-state index in [9.17, 15) is 19.5 Å². The van der Waals surface area contributed by atoms with Gasteiger partial charge in [0.05, 0.1) is 12.2 Å². The number of carbonyl (C=O) groups is 3. The first-order valence-electron chi connectivity index (χ1n) is 9.97. The molecule has 28 heavy (non-hydrogen) atoms. The predicted molar refractivity (Wildman–Crippen MR) is 99.4 cm³/mol. The van der Waals surface area contributed by atoms with Crippen LogP contribution in [-0.4, -0.2) is 74.6 Å². The third kappa shape index (κ3) is 3.50. The summed E-state index contributed by atoms with van der Waals surface area (Å²) in [6, 6.07) is 0.214. The number of rotatable bonds is 5. The molecule has 4 atom stereocenters. The first kappa shape index (κ1) is 18.9. The van der Waals surface area contributed by atoms with Crippen LogP contribution in [0.25, 0.3) is 0 Å². The average molecular weight is 389 g/mol. The molecule has 152 valence electrons. The number of nitrogens with zero attached hydrogens (tertiary/aromatic N) is 3. The molecular weight excluding hydrogens is 362 g/mol. The molecule has 2 bridgehead atoms. The molecule has 0 aliphatic carbocycles. The van der Waals surface area contributed by atoms with Crippen molar-refractivity contribution in [2.75, 3.05) is 19.6 Å². The van der Waals surface area contributed by atoms with E-state index in [-0.39, 0.29) is 35.5 Å². The van der Waals surface area contributed by atoms with Gasteiger partial charge in [-0.25, -0.2) is 4.79 Å². The SMILES string of the molecule is CC(=O)NC[C@H]1[C@H]2C[C@H](CN(Cc3cn[nH]c3C(=O)O)C2)[C@@H]2CCCC(=O)N21. The number of carboxylic acid groups (broad SMARTS) is 1. The van der Waals surface area contributed by atoms with Gasteiger partial charge in [0.1, 0.15) is 5.69 Å². The van der Waals surface area contributed by atoms with Gasteiger partial charge in [0.15, 0.2) is 0 Å². The Balaban J connectivity index is 1.55. The molecule has 0 aromatic carbocycles. The van der Waals surface area contributed by atoms with Crippen LogP contribution >= 0.6 is 0 Å². The third-order valence-electron chi connectivity index (χ3n) is 6.46. The first-order valence-corrected chi connectivity index (χ1v) is 9.97. The zero-order chi connectivity index (χ0) is 19.8. The number of fused-ring (bicyclic) bond motifs is 4. The number of nitrogens with one attached hydrogen (secondary N) is 2. The van der Waals surface area contributed by atoms with Crippen LogP contribution in [0.3, 0.4) is 0 Å². The van der Waals surface area contributed by atoms with Crippen LogP contribution in [-0.2, 0) is 16.1 Å². The van der Waals surface area contributed by atoms with Crippen molar-refractivity contribution in [1.82, 2.24) is 25.3 Å². The number of piperidine rings is 3. The molecule has 4 rings (SSSR count). The van der Waals surface area contributed by atoms with Gasteiger partial charge in [-0.15, -0.1) is 0 Å². The molecule has 4 heterocycles. The lowest BCUT2D eigenvalue weighted by atomic mass is 9.72. The van der Waals surface area contributed by atoms with E-state index in [1.807, 2.05) is 0 Å². The summed E-state index contributed by atoms with van der Waals surface area (Å²) >= 11 is 0. The third-order valence-corrected chi connectivity index (χ3v) is 6.46. The first-order chi connectivity index (χ1) is 13.4. The summed E-state index contributed by atoms with van der Waals surface area (Å²) in [6.45, 7) is 4.14. The number of hydrogen-bond acceptors (Lipinski definition) is 5. The molecular formula is C19H27N5O4. The van der Waals surface area contributed by atoms with Gasteiger partial charge in [0, 0.05) is 51.1 Å². The van der Waals surface area contributed by atoms with Crippen LogP contribution in [0, 0.1) is 11.8 Å². The maximum atomic E-state index is 12.7. The molecule has 1 aromatic rings. The Morgan fingerprint density at radius 1 is 1.36 bits per heavy atom. The number of H-pyrrole nitrogens is 1. The standard InChI is InChI=1S/C19H27N5O4/c1-11(25)20-7-16-13-5-12(15-3-2-4-17(26)24(15)16)8-23(9-13)10-14-6-21-22-18(14)19(27)28/h6,12-13,15-16H,2-5,7-10H2,1H3,(H,20,25)(H,21,22)(H,27,28)/t12-,13+,15+,16+/m1/s1. The second kappa shape index (κ2) is 7.54. The predicted octanol–water partition coefficient (Wildman–Crippen LogP) is 0.445. The van der Waals surface area contributed by atoms with Crippen molar-refractivity contribution in [2.45, 2.75) is 51.2 Å². The molecule has 3 aliphatic rings. The van der Waals surface area contributed by atoms with Crippen LogP contribution in [0.2, 0.25) is 0 Å². The maximum Gasteiger partial charge on any atom is 0.354 e. The minimum Gasteiger partial charge on any atom is -0.477 e. The number of aromatic carboxylic acids is 1. The summed E-state index contributed by atoms with van der Waals surface area (Å²) < 4.78 is 0. The van der Waals surface area contributed by atoms with E-state index in [0.29, 0.717) is 31.0 Å². The molecule has 0 radical (unpaired) electrons. The van der Waals surface area contributed by atoms with Crippen LogP contribution in [0.4, 0.5) is 0 Å². The van der Waals surface area contributed by atoms with E-state index < -0.39 is 5.97 Å².